The third-order valence-corrected chi connectivity index (χ3v) is 14.1. The predicted molar refractivity (Wildman–Crippen MR) is 157 cm³/mol. The summed E-state index contributed by atoms with van der Waals surface area (Å²) in [6.07, 6.45) is 4.47. The first-order chi connectivity index (χ1) is 18.5. The van der Waals surface area contributed by atoms with Gasteiger partial charge in [0.1, 0.15) is 6.10 Å². The topological polar surface area (TPSA) is 57.3 Å². The van der Waals surface area contributed by atoms with E-state index in [0.29, 0.717) is 24.9 Å². The van der Waals surface area contributed by atoms with Gasteiger partial charge in [-0.2, -0.15) is 0 Å². The van der Waals surface area contributed by atoms with E-state index in [-0.39, 0.29) is 35.2 Å². The van der Waals surface area contributed by atoms with Crippen molar-refractivity contribution in [2.45, 2.75) is 109 Å². The second-order valence-electron chi connectivity index (χ2n) is 13.3. The summed E-state index contributed by atoms with van der Waals surface area (Å²) in [5, 5.41) is 2.55. The van der Waals surface area contributed by atoms with Gasteiger partial charge in [0.25, 0.3) is 8.32 Å². The van der Waals surface area contributed by atoms with E-state index in [2.05, 4.69) is 88.4 Å². The summed E-state index contributed by atoms with van der Waals surface area (Å²) in [5.74, 6) is 0.475. The van der Waals surface area contributed by atoms with E-state index >= 15 is 0 Å². The number of carbonyl (C=O) groups excluding carboxylic acids is 1. The van der Waals surface area contributed by atoms with E-state index < -0.39 is 14.1 Å². The van der Waals surface area contributed by atoms with Crippen molar-refractivity contribution in [1.29, 1.82) is 0 Å². The normalized spacial score (nSPS) is 30.6. The van der Waals surface area contributed by atoms with E-state index in [1.807, 2.05) is 13.8 Å². The Morgan fingerprint density at radius 1 is 0.897 bits per heavy atom. The first kappa shape index (κ1) is 28.7. The van der Waals surface area contributed by atoms with Crippen molar-refractivity contribution in [3.05, 3.63) is 60.7 Å². The minimum absolute atomic E-state index is 0.0492. The lowest BCUT2D eigenvalue weighted by Gasteiger charge is -2.44. The Balaban J connectivity index is 1.26. The van der Waals surface area contributed by atoms with Crippen LogP contribution in [0.25, 0.3) is 0 Å². The zero-order chi connectivity index (χ0) is 27.8. The molecule has 3 aliphatic rings. The van der Waals surface area contributed by atoms with Gasteiger partial charge in [-0.25, -0.2) is 0 Å². The van der Waals surface area contributed by atoms with E-state index in [1.54, 1.807) is 0 Å². The molecule has 2 heterocycles. The van der Waals surface area contributed by atoms with Crippen LogP contribution in [0.2, 0.25) is 5.04 Å². The molecule has 0 bridgehead atoms. The highest BCUT2D eigenvalue weighted by atomic mass is 28.4. The number of Topliss-reactive ketones (excluding diaryl/α,β-unsaturated/α-hetero) is 1. The molecule has 2 aromatic carbocycles. The van der Waals surface area contributed by atoms with E-state index in [4.69, 9.17) is 18.6 Å². The van der Waals surface area contributed by atoms with Gasteiger partial charge in [-0.05, 0) is 60.4 Å². The second-order valence-corrected chi connectivity index (χ2v) is 17.6. The fourth-order valence-corrected chi connectivity index (χ4v) is 11.6. The summed E-state index contributed by atoms with van der Waals surface area (Å²) in [6, 6.07) is 21.6. The average Bonchev–Trinajstić information content (AvgIpc) is 3.70. The van der Waals surface area contributed by atoms with Crippen molar-refractivity contribution in [3.63, 3.8) is 0 Å². The molecule has 5 rings (SSSR count). The van der Waals surface area contributed by atoms with Crippen LogP contribution in [0.5, 0.6) is 0 Å². The number of hydrogen-bond acceptors (Lipinski definition) is 5. The molecule has 0 unspecified atom stereocenters. The first-order valence-corrected chi connectivity index (χ1v) is 16.7. The van der Waals surface area contributed by atoms with Gasteiger partial charge >= 0.3 is 0 Å². The lowest BCUT2D eigenvalue weighted by molar-refractivity contribution is -0.302. The van der Waals surface area contributed by atoms with Crippen molar-refractivity contribution in [1.82, 2.24) is 0 Å². The maximum atomic E-state index is 12.3. The summed E-state index contributed by atoms with van der Waals surface area (Å²) in [6.45, 7) is 13.9. The number of ether oxygens (including phenoxy) is 3. The van der Waals surface area contributed by atoms with Gasteiger partial charge in [-0.1, -0.05) is 88.4 Å². The summed E-state index contributed by atoms with van der Waals surface area (Å²) in [5.41, 5.74) is 0. The maximum absolute atomic E-state index is 12.3. The smallest absolute Gasteiger partial charge is 0.261 e. The molecule has 2 aromatic rings. The lowest BCUT2D eigenvalue weighted by Crippen LogP contribution is -2.66. The molecule has 2 saturated heterocycles. The molecule has 2 aliphatic heterocycles. The molecular formula is C33H46O5Si. The number of rotatable bonds is 9. The molecule has 0 radical (unpaired) electrons. The van der Waals surface area contributed by atoms with Crippen LogP contribution in [0.15, 0.2) is 60.7 Å². The molecule has 6 heteroatoms. The fourth-order valence-electron chi connectivity index (χ4n) is 7.05. The van der Waals surface area contributed by atoms with Gasteiger partial charge in [-0.15, -0.1) is 0 Å². The van der Waals surface area contributed by atoms with Crippen LogP contribution in [0.1, 0.15) is 73.6 Å². The summed E-state index contributed by atoms with van der Waals surface area (Å²) in [4.78, 5) is 12.3. The summed E-state index contributed by atoms with van der Waals surface area (Å²) in [7, 11) is -2.57. The highest BCUT2D eigenvalue weighted by Gasteiger charge is 2.54. The predicted octanol–water partition coefficient (Wildman–Crippen LogP) is 5.64. The first-order valence-electron chi connectivity index (χ1n) is 14.8. The molecule has 3 fully saturated rings. The van der Waals surface area contributed by atoms with E-state index in [9.17, 15) is 4.79 Å². The summed E-state index contributed by atoms with van der Waals surface area (Å²) >= 11 is 0. The number of benzene rings is 2. The van der Waals surface area contributed by atoms with Gasteiger partial charge in [-0.3, -0.25) is 4.79 Å². The molecule has 39 heavy (non-hydrogen) atoms. The Labute approximate surface area is 235 Å². The Hall–Kier alpha value is -1.83. The molecule has 0 N–H and O–H groups in total. The zero-order valence-corrected chi connectivity index (χ0v) is 25.5. The average molecular weight is 551 g/mol. The highest BCUT2D eigenvalue weighted by Crippen LogP contribution is 2.44. The Bertz CT molecular complexity index is 1070. The highest BCUT2D eigenvalue weighted by molar-refractivity contribution is 6.99. The van der Waals surface area contributed by atoms with E-state index in [1.165, 1.54) is 10.4 Å². The monoisotopic (exact) mass is 550 g/mol. The quantitative estimate of drug-likeness (QED) is 0.299. The zero-order valence-electron chi connectivity index (χ0n) is 24.5. The van der Waals surface area contributed by atoms with Gasteiger partial charge in [0.05, 0.1) is 18.3 Å². The molecule has 6 atom stereocenters. The molecule has 212 valence electrons. The van der Waals surface area contributed by atoms with Crippen LogP contribution in [0, 0.1) is 11.8 Å². The Morgan fingerprint density at radius 2 is 1.46 bits per heavy atom. The standard InChI is InChI=1S/C33H46O5Si/c1-23-24(21-29(34)31-30(23)36-31)17-18-25-22-26(38-33(5,6)37-25)19-20-35-39(32(2,3)4,27-13-9-7-10-14-27)28-15-11-8-12-16-28/h7-16,23-26,30-31H,17-22H2,1-6H3/t23-,24-,25-,26+,30+,31-/m1/s1. The van der Waals surface area contributed by atoms with Crippen molar-refractivity contribution in [2.24, 2.45) is 11.8 Å². The molecular weight excluding hydrogens is 504 g/mol. The summed E-state index contributed by atoms with van der Waals surface area (Å²) < 4.78 is 25.5. The van der Waals surface area contributed by atoms with Crippen LogP contribution in [-0.4, -0.2) is 50.9 Å². The van der Waals surface area contributed by atoms with Gasteiger partial charge < -0.3 is 18.6 Å². The molecule has 1 aliphatic carbocycles. The van der Waals surface area contributed by atoms with Gasteiger partial charge in [0.2, 0.25) is 0 Å². The van der Waals surface area contributed by atoms with Crippen molar-refractivity contribution >= 4 is 24.5 Å². The number of ketones is 1. The molecule has 0 aromatic heterocycles. The lowest BCUT2D eigenvalue weighted by atomic mass is 9.77. The van der Waals surface area contributed by atoms with Gasteiger partial charge in [0, 0.05) is 19.4 Å². The number of fused-ring (bicyclic) bond motifs is 1. The number of hydrogen-bond donors (Lipinski definition) is 0. The third kappa shape index (κ3) is 6.10. The van der Waals surface area contributed by atoms with E-state index in [0.717, 1.165) is 25.7 Å². The van der Waals surface area contributed by atoms with Crippen molar-refractivity contribution in [2.75, 3.05) is 6.61 Å². The molecule has 0 amide bonds. The Morgan fingerprint density at radius 3 is 2.03 bits per heavy atom. The SMILES string of the molecule is C[C@@H]1[C@H](CC[C@@H]2C[C@H](CCO[Si](c3ccccc3)(c3ccccc3)C(C)(C)C)OC(C)(C)O2)CC(=O)[C@H]2O[C@@H]12. The van der Waals surface area contributed by atoms with Gasteiger partial charge in [0.15, 0.2) is 11.6 Å². The van der Waals surface area contributed by atoms with Crippen molar-refractivity contribution < 1.29 is 23.4 Å². The molecule has 5 nitrogen and oxygen atoms in total. The molecule has 0 spiro atoms. The van der Waals surface area contributed by atoms with Crippen LogP contribution in [0.3, 0.4) is 0 Å². The molecule has 1 saturated carbocycles. The largest absolute Gasteiger partial charge is 0.407 e. The van der Waals surface area contributed by atoms with Crippen LogP contribution in [0.4, 0.5) is 0 Å². The third-order valence-electron chi connectivity index (χ3n) is 9.03. The fraction of sp³-hybridized carbons (Fsp3) is 0.606. The van der Waals surface area contributed by atoms with Crippen molar-refractivity contribution in [3.8, 4) is 0 Å². The van der Waals surface area contributed by atoms with Crippen LogP contribution in [-0.2, 0) is 23.4 Å². The number of epoxide rings is 1. The number of carbonyl (C=O) groups is 1. The Kier molecular flexibility index (Phi) is 8.25. The second kappa shape index (κ2) is 11.2. The maximum Gasteiger partial charge on any atom is 0.261 e. The van der Waals surface area contributed by atoms with Crippen LogP contribution < -0.4 is 10.4 Å². The minimum atomic E-state index is -2.57. The minimum Gasteiger partial charge on any atom is -0.407 e. The van der Waals surface area contributed by atoms with Crippen LogP contribution >= 0.6 is 0 Å².